The van der Waals surface area contributed by atoms with E-state index < -0.39 is 0 Å². The molecule has 0 nitrogen and oxygen atoms in total. The fraction of sp³-hybridized carbons (Fsp3) is 1.00. The first-order valence-electron chi connectivity index (χ1n) is 6.38. The number of halogens is 2. The van der Waals surface area contributed by atoms with E-state index in [2.05, 4.69) is 43.4 Å². The second-order valence-electron chi connectivity index (χ2n) is 4.64. The summed E-state index contributed by atoms with van der Waals surface area (Å²) in [6, 6.07) is 0. The summed E-state index contributed by atoms with van der Waals surface area (Å²) in [6.45, 7) is 6.81. The molecule has 0 aromatic rings. The van der Waals surface area contributed by atoms with Gasteiger partial charge in [-0.1, -0.05) is 62.6 Å². The van der Waals surface area contributed by atoms with Gasteiger partial charge in [-0.2, -0.15) is 0 Å². The smallest absolute Gasteiger partial charge is 0.0333 e. The summed E-state index contributed by atoms with van der Waals surface area (Å²) in [7, 11) is 0. The van der Waals surface area contributed by atoms with Crippen molar-refractivity contribution in [2.45, 2.75) is 75.0 Å². The summed E-state index contributed by atoms with van der Waals surface area (Å²) < 4.78 is 0.868. The number of hydrogen-bond acceptors (Lipinski definition) is 0. The van der Waals surface area contributed by atoms with Gasteiger partial charge in [-0.05, 0) is 31.6 Å². The fourth-order valence-corrected chi connectivity index (χ4v) is 3.12. The highest BCUT2D eigenvalue weighted by molar-refractivity contribution is 14.1. The molecule has 0 radical (unpaired) electrons. The highest BCUT2D eigenvalue weighted by Crippen LogP contribution is 2.22. The number of alkyl halides is 2. The van der Waals surface area contributed by atoms with Crippen molar-refractivity contribution in [3.8, 4) is 0 Å². The lowest BCUT2D eigenvalue weighted by atomic mass is 10.00. The average molecular weight is 345 g/mol. The normalized spacial score (nSPS) is 17.4. The molecule has 0 amide bonds. The van der Waals surface area contributed by atoms with Crippen LogP contribution in [0, 0.1) is 5.92 Å². The van der Waals surface area contributed by atoms with Crippen molar-refractivity contribution in [2.24, 2.45) is 5.92 Å². The first-order chi connectivity index (χ1) is 7.10. The van der Waals surface area contributed by atoms with E-state index in [0.29, 0.717) is 5.38 Å². The first kappa shape index (κ1) is 16.0. The Morgan fingerprint density at radius 1 is 1.07 bits per heavy atom. The molecule has 0 spiro atoms. The summed E-state index contributed by atoms with van der Waals surface area (Å²) in [5, 5.41) is 0.409. The minimum Gasteiger partial charge on any atom is -0.123 e. The molecule has 15 heavy (non-hydrogen) atoms. The zero-order valence-electron chi connectivity index (χ0n) is 10.4. The Bertz CT molecular complexity index is 138. The zero-order valence-corrected chi connectivity index (χ0v) is 13.4. The second kappa shape index (κ2) is 10.2. The van der Waals surface area contributed by atoms with Crippen LogP contribution < -0.4 is 0 Å². The van der Waals surface area contributed by atoms with E-state index in [1.807, 2.05) is 0 Å². The van der Waals surface area contributed by atoms with E-state index in [1.54, 1.807) is 0 Å². The van der Waals surface area contributed by atoms with E-state index >= 15 is 0 Å². The Morgan fingerprint density at radius 2 is 1.67 bits per heavy atom. The molecule has 0 fully saturated rings. The molecule has 0 rings (SSSR count). The maximum atomic E-state index is 6.09. The van der Waals surface area contributed by atoms with Gasteiger partial charge in [-0.15, -0.1) is 11.6 Å². The van der Waals surface area contributed by atoms with Crippen LogP contribution in [0.25, 0.3) is 0 Å². The van der Waals surface area contributed by atoms with Gasteiger partial charge in [0, 0.05) is 9.30 Å². The van der Waals surface area contributed by atoms with Gasteiger partial charge in [0.25, 0.3) is 0 Å². The largest absolute Gasteiger partial charge is 0.123 e. The highest BCUT2D eigenvalue weighted by atomic mass is 127. The van der Waals surface area contributed by atoms with Crippen molar-refractivity contribution in [3.05, 3.63) is 0 Å². The van der Waals surface area contributed by atoms with Crippen LogP contribution in [0.5, 0.6) is 0 Å². The molecule has 0 aromatic carbocycles. The van der Waals surface area contributed by atoms with Gasteiger partial charge < -0.3 is 0 Å². The van der Waals surface area contributed by atoms with Crippen LogP contribution in [0.4, 0.5) is 0 Å². The molecule has 0 aromatic heterocycles. The lowest BCUT2D eigenvalue weighted by Gasteiger charge is -2.14. The van der Waals surface area contributed by atoms with Crippen molar-refractivity contribution in [3.63, 3.8) is 0 Å². The average Bonchev–Trinajstić information content (AvgIpc) is 2.23. The van der Waals surface area contributed by atoms with Crippen molar-refractivity contribution in [1.29, 1.82) is 0 Å². The molecule has 3 atom stereocenters. The monoisotopic (exact) mass is 344 g/mol. The third-order valence-electron chi connectivity index (χ3n) is 3.08. The summed E-state index contributed by atoms with van der Waals surface area (Å²) in [4.78, 5) is 0. The van der Waals surface area contributed by atoms with E-state index in [1.165, 1.54) is 38.5 Å². The van der Waals surface area contributed by atoms with Crippen LogP contribution in [-0.4, -0.2) is 9.30 Å². The topological polar surface area (TPSA) is 0 Å². The highest BCUT2D eigenvalue weighted by Gasteiger charge is 2.08. The van der Waals surface area contributed by atoms with Crippen molar-refractivity contribution in [1.82, 2.24) is 0 Å². The van der Waals surface area contributed by atoms with Crippen molar-refractivity contribution >= 4 is 34.2 Å². The molecule has 0 heterocycles. The van der Waals surface area contributed by atoms with Gasteiger partial charge in [0.05, 0.1) is 0 Å². The van der Waals surface area contributed by atoms with Gasteiger partial charge in [0.1, 0.15) is 0 Å². The Morgan fingerprint density at radius 3 is 2.20 bits per heavy atom. The minimum atomic E-state index is 0.409. The SMILES string of the molecule is CCC(C)CC(I)CCCCC(Cl)CC. The Kier molecular flexibility index (Phi) is 10.9. The van der Waals surface area contributed by atoms with Gasteiger partial charge in [0.2, 0.25) is 0 Å². The molecule has 0 bridgehead atoms. The Hall–Kier alpha value is 1.02. The predicted molar refractivity (Wildman–Crippen MR) is 80.3 cm³/mol. The maximum absolute atomic E-state index is 6.09. The lowest BCUT2D eigenvalue weighted by Crippen LogP contribution is -2.05. The Balaban J connectivity index is 3.34. The Labute approximate surface area is 115 Å². The number of unbranched alkanes of at least 4 members (excludes halogenated alkanes) is 1. The molecule has 0 saturated heterocycles. The summed E-state index contributed by atoms with van der Waals surface area (Å²) in [6.07, 6.45) is 9.05. The molecule has 0 saturated carbocycles. The second-order valence-corrected chi connectivity index (χ2v) is 7.02. The quantitative estimate of drug-likeness (QED) is 0.281. The molecular weight excluding hydrogens is 318 g/mol. The van der Waals surface area contributed by atoms with Gasteiger partial charge in [0.15, 0.2) is 0 Å². The van der Waals surface area contributed by atoms with Crippen molar-refractivity contribution in [2.75, 3.05) is 0 Å². The van der Waals surface area contributed by atoms with E-state index in [0.717, 1.165) is 16.3 Å². The van der Waals surface area contributed by atoms with Gasteiger partial charge >= 0.3 is 0 Å². The van der Waals surface area contributed by atoms with Crippen LogP contribution in [-0.2, 0) is 0 Å². The summed E-state index contributed by atoms with van der Waals surface area (Å²) in [5.41, 5.74) is 0. The standard InChI is InChI=1S/C13H26ClI/c1-4-11(3)10-13(15)9-7-6-8-12(14)5-2/h11-13H,4-10H2,1-3H3. The van der Waals surface area contributed by atoms with Crippen LogP contribution in [0.1, 0.15) is 65.7 Å². The van der Waals surface area contributed by atoms with Crippen LogP contribution >= 0.6 is 34.2 Å². The van der Waals surface area contributed by atoms with E-state index in [9.17, 15) is 0 Å². The molecule has 0 aliphatic carbocycles. The molecule has 92 valence electrons. The molecular formula is C13H26ClI. The summed E-state index contributed by atoms with van der Waals surface area (Å²) in [5.74, 6) is 0.892. The molecule has 0 aliphatic heterocycles. The number of hydrogen-bond donors (Lipinski definition) is 0. The third kappa shape index (κ3) is 9.92. The first-order valence-corrected chi connectivity index (χ1v) is 8.06. The maximum Gasteiger partial charge on any atom is 0.0333 e. The number of rotatable bonds is 9. The molecule has 2 heteroatoms. The fourth-order valence-electron chi connectivity index (χ4n) is 1.66. The molecule has 0 aliphatic rings. The van der Waals surface area contributed by atoms with Crippen molar-refractivity contribution < 1.29 is 0 Å². The van der Waals surface area contributed by atoms with Gasteiger partial charge in [-0.25, -0.2) is 0 Å². The minimum absolute atomic E-state index is 0.409. The van der Waals surface area contributed by atoms with Gasteiger partial charge in [-0.3, -0.25) is 0 Å². The van der Waals surface area contributed by atoms with Crippen LogP contribution in [0.15, 0.2) is 0 Å². The molecule has 3 unspecified atom stereocenters. The van der Waals surface area contributed by atoms with E-state index in [4.69, 9.17) is 11.6 Å². The van der Waals surface area contributed by atoms with Crippen LogP contribution in [0.3, 0.4) is 0 Å². The lowest BCUT2D eigenvalue weighted by molar-refractivity contribution is 0.489. The molecule has 0 N–H and O–H groups in total. The summed E-state index contributed by atoms with van der Waals surface area (Å²) >= 11 is 8.70. The third-order valence-corrected chi connectivity index (χ3v) is 4.74. The van der Waals surface area contributed by atoms with Crippen LogP contribution in [0.2, 0.25) is 0 Å². The van der Waals surface area contributed by atoms with E-state index in [-0.39, 0.29) is 0 Å². The zero-order chi connectivity index (χ0) is 11.7. The predicted octanol–water partition coefficient (Wildman–Crippen LogP) is 5.80.